The Morgan fingerprint density at radius 1 is 1.13 bits per heavy atom. The average molecular weight is 309 g/mol. The number of aliphatic hydroxyl groups excluding tert-OH is 1. The molecule has 0 bridgehead atoms. The zero-order valence-electron chi connectivity index (χ0n) is 12.2. The maximum Gasteiger partial charge on any atom is 0.175 e. The van der Waals surface area contributed by atoms with Gasteiger partial charge in [-0.3, -0.25) is 0 Å². The third-order valence-electron chi connectivity index (χ3n) is 3.51. The van der Waals surface area contributed by atoms with Gasteiger partial charge in [0.15, 0.2) is 11.3 Å². The van der Waals surface area contributed by atoms with Crippen molar-refractivity contribution in [3.05, 3.63) is 76.9 Å². The fourth-order valence-electron chi connectivity index (χ4n) is 2.42. The summed E-state index contributed by atoms with van der Waals surface area (Å²) < 4.78 is 11.5. The highest BCUT2D eigenvalue weighted by atomic mass is 16.5. The number of ether oxygens (including phenoxy) is 1. The summed E-state index contributed by atoms with van der Waals surface area (Å²) >= 11 is 0. The Balaban J connectivity index is 1.95. The van der Waals surface area contributed by atoms with Crippen molar-refractivity contribution < 1.29 is 14.3 Å². The average Bonchev–Trinajstić information content (AvgIpc) is 3.07. The zero-order valence-corrected chi connectivity index (χ0v) is 12.2. The van der Waals surface area contributed by atoms with Gasteiger partial charge in [0.1, 0.15) is 12.2 Å². The molecular weight excluding hydrogens is 294 g/mol. The summed E-state index contributed by atoms with van der Waals surface area (Å²) in [7, 11) is 0. The van der Waals surface area contributed by atoms with Crippen LogP contribution in [0.1, 0.15) is 11.7 Å². The molecule has 2 atom stereocenters. The second kappa shape index (κ2) is 6.87. The second-order valence-corrected chi connectivity index (χ2v) is 5.03. The lowest BCUT2D eigenvalue weighted by Gasteiger charge is -2.23. The first kappa shape index (κ1) is 15.0. The molecule has 0 spiro atoms. The molecule has 0 saturated carbocycles. The molecule has 116 valence electrons. The van der Waals surface area contributed by atoms with Crippen LogP contribution in [0.15, 0.2) is 70.4 Å². The summed E-state index contributed by atoms with van der Waals surface area (Å²) in [4.78, 5) is 2.69. The predicted octanol–water partition coefficient (Wildman–Crippen LogP) is 4.22. The number of fused-ring (bicyclic) bond motifs is 1. The van der Waals surface area contributed by atoms with Crippen LogP contribution in [0.2, 0.25) is 0 Å². The van der Waals surface area contributed by atoms with Crippen LogP contribution in [0.25, 0.3) is 21.4 Å². The van der Waals surface area contributed by atoms with Gasteiger partial charge in [0, 0.05) is 10.3 Å². The molecule has 6 heteroatoms. The van der Waals surface area contributed by atoms with Crippen LogP contribution in [-0.4, -0.2) is 17.8 Å². The molecule has 0 aliphatic rings. The highest BCUT2D eigenvalue weighted by molar-refractivity contribution is 5.82. The Bertz CT molecular complexity index is 825. The van der Waals surface area contributed by atoms with Gasteiger partial charge in [-0.15, -0.1) is 0 Å². The van der Waals surface area contributed by atoms with E-state index in [1.807, 2.05) is 48.5 Å². The highest BCUT2D eigenvalue weighted by Crippen LogP contribution is 2.31. The van der Waals surface area contributed by atoms with Crippen molar-refractivity contribution in [3.63, 3.8) is 0 Å². The van der Waals surface area contributed by atoms with Crippen molar-refractivity contribution in [2.75, 3.05) is 6.54 Å². The number of furan rings is 1. The first-order valence-corrected chi connectivity index (χ1v) is 7.16. The van der Waals surface area contributed by atoms with E-state index in [0.29, 0.717) is 11.3 Å². The van der Waals surface area contributed by atoms with Crippen molar-refractivity contribution in [3.8, 4) is 5.75 Å². The summed E-state index contributed by atoms with van der Waals surface area (Å²) in [5.41, 5.74) is 9.87. The topological polar surface area (TPSA) is 91.4 Å². The molecule has 0 aliphatic carbocycles. The van der Waals surface area contributed by atoms with Crippen molar-refractivity contribution >= 4 is 11.0 Å². The molecule has 1 aromatic heterocycles. The third kappa shape index (κ3) is 3.29. The van der Waals surface area contributed by atoms with Crippen LogP contribution >= 0.6 is 0 Å². The van der Waals surface area contributed by atoms with Gasteiger partial charge in [-0.05, 0) is 23.2 Å². The maximum atomic E-state index is 10.4. The second-order valence-electron chi connectivity index (χ2n) is 5.03. The van der Waals surface area contributed by atoms with Crippen LogP contribution < -0.4 is 4.74 Å². The number of para-hydroxylation sites is 1. The normalized spacial score (nSPS) is 13.3. The number of hydrogen-bond donors (Lipinski definition) is 1. The lowest BCUT2D eigenvalue weighted by molar-refractivity contribution is 0.0418. The summed E-state index contributed by atoms with van der Waals surface area (Å²) in [6.45, 7) is -0.0792. The van der Waals surface area contributed by atoms with Gasteiger partial charge >= 0.3 is 0 Å². The zero-order chi connectivity index (χ0) is 16.1. The van der Waals surface area contributed by atoms with Gasteiger partial charge in [-0.1, -0.05) is 47.6 Å². The molecule has 0 saturated heterocycles. The van der Waals surface area contributed by atoms with Gasteiger partial charge in [0.2, 0.25) is 0 Å². The molecule has 0 amide bonds. The molecule has 3 aromatic rings. The summed E-state index contributed by atoms with van der Waals surface area (Å²) in [6, 6.07) is 16.7. The van der Waals surface area contributed by atoms with Crippen molar-refractivity contribution in [2.24, 2.45) is 5.11 Å². The monoisotopic (exact) mass is 309 g/mol. The van der Waals surface area contributed by atoms with E-state index in [-0.39, 0.29) is 6.54 Å². The van der Waals surface area contributed by atoms with Gasteiger partial charge in [0.05, 0.1) is 12.8 Å². The maximum absolute atomic E-state index is 10.4. The van der Waals surface area contributed by atoms with Crippen LogP contribution in [0.3, 0.4) is 0 Å². The van der Waals surface area contributed by atoms with Crippen molar-refractivity contribution in [1.29, 1.82) is 0 Å². The van der Waals surface area contributed by atoms with Gasteiger partial charge in [-0.25, -0.2) is 0 Å². The van der Waals surface area contributed by atoms with Crippen LogP contribution in [0, 0.1) is 0 Å². The van der Waals surface area contributed by atoms with Gasteiger partial charge in [-0.2, -0.15) is 0 Å². The minimum Gasteiger partial charge on any atom is -0.479 e. The molecule has 1 heterocycles. The molecule has 0 unspecified atom stereocenters. The number of rotatable bonds is 6. The van der Waals surface area contributed by atoms with E-state index in [0.717, 1.165) is 10.9 Å². The lowest BCUT2D eigenvalue weighted by atomic mass is 10.0. The largest absolute Gasteiger partial charge is 0.479 e. The minimum absolute atomic E-state index is 0.0792. The lowest BCUT2D eigenvalue weighted by Crippen LogP contribution is -2.26. The van der Waals surface area contributed by atoms with Crippen LogP contribution in [0.4, 0.5) is 0 Å². The number of aliphatic hydroxyl groups is 1. The summed E-state index contributed by atoms with van der Waals surface area (Å²) in [5, 5.41) is 14.7. The number of azide groups is 1. The first-order valence-electron chi connectivity index (χ1n) is 7.16. The smallest absolute Gasteiger partial charge is 0.175 e. The Kier molecular flexibility index (Phi) is 4.47. The van der Waals surface area contributed by atoms with Crippen LogP contribution in [-0.2, 0) is 0 Å². The number of nitrogens with zero attached hydrogens (tertiary/aromatic N) is 3. The van der Waals surface area contributed by atoms with E-state index < -0.39 is 12.2 Å². The molecule has 0 fully saturated rings. The first-order chi connectivity index (χ1) is 11.3. The Hall–Kier alpha value is -2.95. The Labute approximate surface area is 132 Å². The Morgan fingerprint density at radius 2 is 1.96 bits per heavy atom. The van der Waals surface area contributed by atoms with Crippen LogP contribution in [0.5, 0.6) is 5.75 Å². The summed E-state index contributed by atoms with van der Waals surface area (Å²) in [5.74, 6) is 0.529. The van der Waals surface area contributed by atoms with E-state index in [4.69, 9.17) is 14.7 Å². The van der Waals surface area contributed by atoms with E-state index in [1.54, 1.807) is 12.3 Å². The van der Waals surface area contributed by atoms with E-state index in [2.05, 4.69) is 10.0 Å². The number of hydrogen-bond acceptors (Lipinski definition) is 4. The molecule has 0 radical (unpaired) electrons. The molecular formula is C17H15N3O3. The molecule has 6 nitrogen and oxygen atoms in total. The van der Waals surface area contributed by atoms with Gasteiger partial charge in [0.25, 0.3) is 0 Å². The quantitative estimate of drug-likeness (QED) is 0.419. The summed E-state index contributed by atoms with van der Waals surface area (Å²) in [6.07, 6.45) is -0.0539. The van der Waals surface area contributed by atoms with Crippen molar-refractivity contribution in [2.45, 2.75) is 12.2 Å². The highest BCUT2D eigenvalue weighted by Gasteiger charge is 2.23. The molecule has 23 heavy (non-hydrogen) atoms. The Morgan fingerprint density at radius 3 is 2.74 bits per heavy atom. The fourth-order valence-corrected chi connectivity index (χ4v) is 2.42. The molecule has 0 aliphatic heterocycles. The SMILES string of the molecule is [N-]=[N+]=NC[C@@H](O)[C@@H](Oc1cccc2ccoc12)c1ccccc1. The van der Waals surface area contributed by atoms with Crippen molar-refractivity contribution in [1.82, 2.24) is 0 Å². The van der Waals surface area contributed by atoms with E-state index in [9.17, 15) is 5.11 Å². The molecule has 2 aromatic carbocycles. The predicted molar refractivity (Wildman–Crippen MR) is 86.0 cm³/mol. The minimum atomic E-state index is -0.974. The van der Waals surface area contributed by atoms with E-state index >= 15 is 0 Å². The van der Waals surface area contributed by atoms with E-state index in [1.165, 1.54) is 0 Å². The fraction of sp³-hybridized carbons (Fsp3) is 0.176. The third-order valence-corrected chi connectivity index (χ3v) is 3.51. The van der Waals surface area contributed by atoms with Gasteiger partial charge < -0.3 is 14.3 Å². The molecule has 1 N–H and O–H groups in total. The number of benzene rings is 2. The standard InChI is InChI=1S/C17H15N3O3/c18-20-19-11-14(21)16(12-5-2-1-3-6-12)23-15-8-4-7-13-9-10-22-17(13)15/h1-10,14,16,21H,11H2/t14-,16+/m1/s1. The molecule has 3 rings (SSSR count).